The summed E-state index contributed by atoms with van der Waals surface area (Å²) >= 11 is 0. The zero-order chi connectivity index (χ0) is 14.2. The highest BCUT2D eigenvalue weighted by molar-refractivity contribution is 6.02. The number of carbonyl (C=O) groups excluding carboxylic acids is 3. The zero-order valence-electron chi connectivity index (χ0n) is 11.6. The minimum Gasteiger partial charge on any atom is -0.389 e. The highest BCUT2D eigenvalue weighted by atomic mass is 16.6. The molecule has 0 aliphatic heterocycles. The smallest absolute Gasteiger partial charge is 0.341 e. The number of ether oxygens (including phenoxy) is 1. The molecule has 0 rings (SSSR count). The van der Waals surface area contributed by atoms with E-state index in [1.54, 1.807) is 26.8 Å². The van der Waals surface area contributed by atoms with Crippen molar-refractivity contribution in [2.24, 2.45) is 5.41 Å². The standard InChI is InChI=1S/C14H22O4/c1-5-8-9-14(7-3,10-15)13(17)18-12(16)11(4)6-2/h6,10H,5,7-9H2,1-4H3. The van der Waals surface area contributed by atoms with E-state index in [4.69, 9.17) is 4.74 Å². The summed E-state index contributed by atoms with van der Waals surface area (Å²) in [5.74, 6) is -1.42. The number of rotatable bonds is 7. The summed E-state index contributed by atoms with van der Waals surface area (Å²) < 4.78 is 4.77. The predicted octanol–water partition coefficient (Wildman–Crippen LogP) is 2.81. The molecule has 0 saturated carbocycles. The first-order chi connectivity index (χ1) is 8.47. The number of esters is 2. The van der Waals surface area contributed by atoms with Gasteiger partial charge in [-0.25, -0.2) is 4.79 Å². The van der Waals surface area contributed by atoms with Crippen LogP contribution in [0.4, 0.5) is 0 Å². The lowest BCUT2D eigenvalue weighted by atomic mass is 9.82. The molecule has 0 saturated heterocycles. The van der Waals surface area contributed by atoms with Crippen molar-refractivity contribution >= 4 is 18.2 Å². The average Bonchev–Trinajstić information content (AvgIpc) is 2.39. The third-order valence-corrected chi connectivity index (χ3v) is 3.18. The Balaban J connectivity index is 4.87. The molecule has 0 spiro atoms. The highest BCUT2D eigenvalue weighted by Crippen LogP contribution is 2.28. The molecule has 102 valence electrons. The average molecular weight is 254 g/mol. The molecule has 0 fully saturated rings. The first-order valence-electron chi connectivity index (χ1n) is 6.33. The molecule has 0 radical (unpaired) electrons. The quantitative estimate of drug-likeness (QED) is 0.303. The molecular weight excluding hydrogens is 232 g/mol. The maximum absolute atomic E-state index is 12.0. The van der Waals surface area contributed by atoms with E-state index < -0.39 is 17.4 Å². The minimum absolute atomic E-state index is 0.345. The second kappa shape index (κ2) is 7.80. The fraction of sp³-hybridized carbons (Fsp3) is 0.643. The molecular formula is C14H22O4. The topological polar surface area (TPSA) is 60.4 Å². The zero-order valence-corrected chi connectivity index (χ0v) is 11.6. The lowest BCUT2D eigenvalue weighted by molar-refractivity contribution is -0.166. The van der Waals surface area contributed by atoms with Gasteiger partial charge in [-0.3, -0.25) is 4.79 Å². The van der Waals surface area contributed by atoms with E-state index in [2.05, 4.69) is 0 Å². The van der Waals surface area contributed by atoms with Crippen LogP contribution in [0, 0.1) is 5.41 Å². The molecule has 18 heavy (non-hydrogen) atoms. The lowest BCUT2D eigenvalue weighted by Crippen LogP contribution is -2.35. The summed E-state index contributed by atoms with van der Waals surface area (Å²) in [6, 6.07) is 0. The second-order valence-corrected chi connectivity index (χ2v) is 4.38. The van der Waals surface area contributed by atoms with Crippen LogP contribution in [-0.4, -0.2) is 18.2 Å². The Morgan fingerprint density at radius 3 is 2.28 bits per heavy atom. The van der Waals surface area contributed by atoms with E-state index in [9.17, 15) is 14.4 Å². The van der Waals surface area contributed by atoms with E-state index in [1.807, 2.05) is 6.92 Å². The maximum Gasteiger partial charge on any atom is 0.341 e. The van der Waals surface area contributed by atoms with Gasteiger partial charge in [0.05, 0.1) is 0 Å². The van der Waals surface area contributed by atoms with Crippen LogP contribution < -0.4 is 0 Å². The normalized spacial score (nSPS) is 14.8. The molecule has 4 heteroatoms. The van der Waals surface area contributed by atoms with E-state index in [0.29, 0.717) is 24.7 Å². The monoisotopic (exact) mass is 254 g/mol. The van der Waals surface area contributed by atoms with Crippen molar-refractivity contribution in [1.82, 2.24) is 0 Å². The SMILES string of the molecule is CC=C(C)C(=O)OC(=O)C(C=O)(CC)CCCC. The van der Waals surface area contributed by atoms with Gasteiger partial charge in [0.15, 0.2) is 0 Å². The summed E-state index contributed by atoms with van der Waals surface area (Å²) in [5, 5.41) is 0. The number of carbonyl (C=O) groups is 3. The molecule has 0 aliphatic rings. The Kier molecular flexibility index (Phi) is 7.17. The van der Waals surface area contributed by atoms with Crippen molar-refractivity contribution in [2.45, 2.75) is 53.4 Å². The number of aldehydes is 1. The number of allylic oxidation sites excluding steroid dienone is 1. The molecule has 0 bridgehead atoms. The van der Waals surface area contributed by atoms with E-state index in [1.165, 1.54) is 0 Å². The largest absolute Gasteiger partial charge is 0.389 e. The molecule has 0 N–H and O–H groups in total. The van der Waals surface area contributed by atoms with Crippen LogP contribution in [0.25, 0.3) is 0 Å². The fourth-order valence-corrected chi connectivity index (χ4v) is 1.49. The Bertz CT molecular complexity index is 344. The Morgan fingerprint density at radius 2 is 1.89 bits per heavy atom. The summed E-state index contributed by atoms with van der Waals surface area (Å²) in [6.07, 6.45) is 4.57. The van der Waals surface area contributed by atoms with Gasteiger partial charge in [-0.2, -0.15) is 0 Å². The van der Waals surface area contributed by atoms with Gasteiger partial charge >= 0.3 is 11.9 Å². The van der Waals surface area contributed by atoms with Gasteiger partial charge < -0.3 is 9.53 Å². The van der Waals surface area contributed by atoms with Crippen molar-refractivity contribution in [2.75, 3.05) is 0 Å². The van der Waals surface area contributed by atoms with E-state index in [-0.39, 0.29) is 0 Å². The van der Waals surface area contributed by atoms with Crippen LogP contribution in [0.3, 0.4) is 0 Å². The van der Waals surface area contributed by atoms with Crippen LogP contribution in [0.15, 0.2) is 11.6 Å². The third kappa shape index (κ3) is 4.09. The van der Waals surface area contributed by atoms with Gasteiger partial charge in [-0.05, 0) is 26.7 Å². The Labute approximate surface area is 108 Å². The molecule has 1 atom stereocenters. The van der Waals surface area contributed by atoms with Crippen LogP contribution >= 0.6 is 0 Å². The van der Waals surface area contributed by atoms with Crippen LogP contribution in [0.1, 0.15) is 53.4 Å². The van der Waals surface area contributed by atoms with Crippen molar-refractivity contribution in [3.8, 4) is 0 Å². The van der Waals surface area contributed by atoms with Gasteiger partial charge in [0.2, 0.25) is 0 Å². The number of unbranched alkanes of at least 4 members (excludes halogenated alkanes) is 1. The van der Waals surface area contributed by atoms with Gasteiger partial charge in [0.25, 0.3) is 0 Å². The molecule has 0 aromatic rings. The first-order valence-corrected chi connectivity index (χ1v) is 6.33. The van der Waals surface area contributed by atoms with Crippen LogP contribution in [0.5, 0.6) is 0 Å². The summed E-state index contributed by atoms with van der Waals surface area (Å²) in [6.45, 7) is 6.98. The van der Waals surface area contributed by atoms with E-state index in [0.717, 1.165) is 12.8 Å². The first kappa shape index (κ1) is 16.6. The van der Waals surface area contributed by atoms with Crippen molar-refractivity contribution in [1.29, 1.82) is 0 Å². The van der Waals surface area contributed by atoms with Crippen molar-refractivity contribution in [3.63, 3.8) is 0 Å². The van der Waals surface area contributed by atoms with Gasteiger partial charge in [0.1, 0.15) is 11.7 Å². The summed E-state index contributed by atoms with van der Waals surface area (Å²) in [4.78, 5) is 34.7. The summed E-state index contributed by atoms with van der Waals surface area (Å²) in [7, 11) is 0. The molecule has 1 unspecified atom stereocenters. The number of hydrogen-bond donors (Lipinski definition) is 0. The number of hydrogen-bond acceptors (Lipinski definition) is 4. The van der Waals surface area contributed by atoms with Gasteiger partial charge in [-0.15, -0.1) is 0 Å². The second-order valence-electron chi connectivity index (χ2n) is 4.38. The third-order valence-electron chi connectivity index (χ3n) is 3.18. The molecule has 0 amide bonds. The molecule has 0 aliphatic carbocycles. The van der Waals surface area contributed by atoms with Crippen molar-refractivity contribution in [3.05, 3.63) is 11.6 Å². The highest BCUT2D eigenvalue weighted by Gasteiger charge is 2.38. The Hall–Kier alpha value is -1.45. The van der Waals surface area contributed by atoms with E-state index >= 15 is 0 Å². The molecule has 0 aromatic heterocycles. The fourth-order valence-electron chi connectivity index (χ4n) is 1.49. The predicted molar refractivity (Wildman–Crippen MR) is 68.8 cm³/mol. The van der Waals surface area contributed by atoms with Gasteiger partial charge in [0, 0.05) is 5.57 Å². The van der Waals surface area contributed by atoms with Crippen molar-refractivity contribution < 1.29 is 19.1 Å². The summed E-state index contributed by atoms with van der Waals surface area (Å²) in [5.41, 5.74) is -0.825. The Morgan fingerprint density at radius 1 is 1.28 bits per heavy atom. The van der Waals surface area contributed by atoms with Crippen LogP contribution in [0.2, 0.25) is 0 Å². The maximum atomic E-state index is 12.0. The van der Waals surface area contributed by atoms with Crippen LogP contribution in [-0.2, 0) is 19.1 Å². The van der Waals surface area contributed by atoms with Gasteiger partial charge in [-0.1, -0.05) is 32.8 Å². The minimum atomic E-state index is -1.18. The lowest BCUT2D eigenvalue weighted by Gasteiger charge is -2.23. The molecule has 4 nitrogen and oxygen atoms in total. The molecule has 0 aromatic carbocycles. The molecule has 0 heterocycles.